The van der Waals surface area contributed by atoms with E-state index in [1.807, 2.05) is 42.5 Å². The van der Waals surface area contributed by atoms with Crippen molar-refractivity contribution >= 4 is 0 Å². The van der Waals surface area contributed by atoms with E-state index in [0.29, 0.717) is 12.4 Å². The Hall–Kier alpha value is -2.00. The number of ether oxygens (including phenoxy) is 1. The highest BCUT2D eigenvalue weighted by molar-refractivity contribution is 5.28. The number of phenolic OH excluding ortho intramolecular Hbond substituents is 1. The van der Waals surface area contributed by atoms with E-state index in [2.05, 4.69) is 12.2 Å². The SMILES string of the molecule is CCC(NCCOc1ccccc1)c1ccc(O)cc1. The molecule has 1 unspecified atom stereocenters. The summed E-state index contributed by atoms with van der Waals surface area (Å²) < 4.78 is 5.65. The van der Waals surface area contributed by atoms with E-state index in [1.165, 1.54) is 5.56 Å². The molecule has 20 heavy (non-hydrogen) atoms. The summed E-state index contributed by atoms with van der Waals surface area (Å²) in [6.45, 7) is 3.56. The molecule has 2 aromatic rings. The highest BCUT2D eigenvalue weighted by Crippen LogP contribution is 2.19. The third-order valence-corrected chi connectivity index (χ3v) is 3.21. The summed E-state index contributed by atoms with van der Waals surface area (Å²) in [6.07, 6.45) is 0.996. The van der Waals surface area contributed by atoms with Crippen LogP contribution >= 0.6 is 0 Å². The minimum Gasteiger partial charge on any atom is -0.508 e. The smallest absolute Gasteiger partial charge is 0.119 e. The van der Waals surface area contributed by atoms with E-state index >= 15 is 0 Å². The topological polar surface area (TPSA) is 41.5 Å². The van der Waals surface area contributed by atoms with Crippen molar-refractivity contribution in [1.29, 1.82) is 0 Å². The van der Waals surface area contributed by atoms with E-state index in [0.717, 1.165) is 18.7 Å². The van der Waals surface area contributed by atoms with E-state index < -0.39 is 0 Å². The Morgan fingerprint density at radius 1 is 1.05 bits per heavy atom. The van der Waals surface area contributed by atoms with E-state index in [1.54, 1.807) is 12.1 Å². The van der Waals surface area contributed by atoms with Crippen LogP contribution in [0, 0.1) is 0 Å². The van der Waals surface area contributed by atoms with E-state index in [4.69, 9.17) is 4.74 Å². The Morgan fingerprint density at radius 2 is 1.75 bits per heavy atom. The summed E-state index contributed by atoms with van der Waals surface area (Å²) in [7, 11) is 0. The first-order valence-corrected chi connectivity index (χ1v) is 6.99. The molecule has 2 N–H and O–H groups in total. The van der Waals surface area contributed by atoms with Crippen LogP contribution in [-0.4, -0.2) is 18.3 Å². The number of hydrogen-bond acceptors (Lipinski definition) is 3. The largest absolute Gasteiger partial charge is 0.508 e. The molecule has 0 fully saturated rings. The quantitative estimate of drug-likeness (QED) is 0.757. The molecule has 106 valence electrons. The van der Waals surface area contributed by atoms with Crippen molar-refractivity contribution in [1.82, 2.24) is 5.32 Å². The number of benzene rings is 2. The molecule has 0 radical (unpaired) electrons. The summed E-state index contributed by atoms with van der Waals surface area (Å²) in [6, 6.07) is 17.5. The van der Waals surface area contributed by atoms with Gasteiger partial charge in [0.05, 0.1) is 0 Å². The summed E-state index contributed by atoms with van der Waals surface area (Å²) >= 11 is 0. The maximum absolute atomic E-state index is 9.31. The van der Waals surface area contributed by atoms with Gasteiger partial charge in [-0.05, 0) is 36.2 Å². The van der Waals surface area contributed by atoms with Crippen LogP contribution in [0.2, 0.25) is 0 Å². The Labute approximate surface area is 120 Å². The summed E-state index contributed by atoms with van der Waals surface area (Å²) in [5.74, 6) is 1.20. The molecule has 0 spiro atoms. The molecule has 1 atom stereocenters. The standard InChI is InChI=1S/C17H21NO2/c1-2-17(14-8-10-15(19)11-9-14)18-12-13-20-16-6-4-3-5-7-16/h3-11,17-19H,2,12-13H2,1H3. The lowest BCUT2D eigenvalue weighted by Crippen LogP contribution is -2.25. The molecular weight excluding hydrogens is 250 g/mol. The molecule has 2 aromatic carbocycles. The summed E-state index contributed by atoms with van der Waals surface area (Å²) in [5, 5.41) is 12.8. The third-order valence-electron chi connectivity index (χ3n) is 3.21. The van der Waals surface area contributed by atoms with Gasteiger partial charge in [0.2, 0.25) is 0 Å². The molecule has 3 heteroatoms. The Kier molecular flexibility index (Phi) is 5.44. The van der Waals surface area contributed by atoms with Crippen LogP contribution in [0.25, 0.3) is 0 Å². The van der Waals surface area contributed by atoms with Gasteiger partial charge in [0.15, 0.2) is 0 Å². The molecular formula is C17H21NO2. The molecule has 0 amide bonds. The van der Waals surface area contributed by atoms with Crippen molar-refractivity contribution in [2.45, 2.75) is 19.4 Å². The number of aromatic hydroxyl groups is 1. The minimum atomic E-state index is 0.287. The van der Waals surface area contributed by atoms with Gasteiger partial charge in [-0.15, -0.1) is 0 Å². The van der Waals surface area contributed by atoms with Gasteiger partial charge in [-0.2, -0.15) is 0 Å². The molecule has 3 nitrogen and oxygen atoms in total. The Morgan fingerprint density at radius 3 is 2.40 bits per heavy atom. The second kappa shape index (κ2) is 7.56. The number of hydrogen-bond donors (Lipinski definition) is 2. The summed E-state index contributed by atoms with van der Waals surface area (Å²) in [5.41, 5.74) is 1.19. The molecule has 2 rings (SSSR count). The van der Waals surface area contributed by atoms with Gasteiger partial charge in [0, 0.05) is 12.6 Å². The Balaban J connectivity index is 1.78. The second-order valence-corrected chi connectivity index (χ2v) is 4.67. The van der Waals surface area contributed by atoms with Gasteiger partial charge < -0.3 is 15.2 Å². The fourth-order valence-electron chi connectivity index (χ4n) is 2.12. The average molecular weight is 271 g/mol. The van der Waals surface area contributed by atoms with Crippen molar-refractivity contribution in [3.8, 4) is 11.5 Å². The Bertz CT molecular complexity index is 496. The lowest BCUT2D eigenvalue weighted by Gasteiger charge is -2.17. The minimum absolute atomic E-state index is 0.287. The monoisotopic (exact) mass is 271 g/mol. The van der Waals surface area contributed by atoms with Crippen LogP contribution < -0.4 is 10.1 Å². The van der Waals surface area contributed by atoms with Crippen LogP contribution in [0.5, 0.6) is 11.5 Å². The van der Waals surface area contributed by atoms with Gasteiger partial charge >= 0.3 is 0 Å². The maximum atomic E-state index is 9.31. The first-order valence-electron chi connectivity index (χ1n) is 6.99. The number of phenols is 1. The maximum Gasteiger partial charge on any atom is 0.119 e. The lowest BCUT2D eigenvalue weighted by atomic mass is 10.0. The normalized spacial score (nSPS) is 12.1. The van der Waals surface area contributed by atoms with Crippen LogP contribution in [-0.2, 0) is 0 Å². The average Bonchev–Trinajstić information content (AvgIpc) is 2.50. The molecule has 0 aliphatic carbocycles. The molecule has 0 aromatic heterocycles. The zero-order valence-electron chi connectivity index (χ0n) is 11.8. The van der Waals surface area contributed by atoms with E-state index in [9.17, 15) is 5.11 Å². The van der Waals surface area contributed by atoms with Gasteiger partial charge in [-0.25, -0.2) is 0 Å². The molecule has 0 aliphatic rings. The third kappa shape index (κ3) is 4.28. The van der Waals surface area contributed by atoms with Crippen molar-refractivity contribution in [3.05, 3.63) is 60.2 Å². The lowest BCUT2D eigenvalue weighted by molar-refractivity contribution is 0.304. The van der Waals surface area contributed by atoms with Crippen molar-refractivity contribution in [3.63, 3.8) is 0 Å². The van der Waals surface area contributed by atoms with Crippen LogP contribution in [0.15, 0.2) is 54.6 Å². The van der Waals surface area contributed by atoms with Crippen molar-refractivity contribution in [2.75, 3.05) is 13.2 Å². The first-order chi connectivity index (χ1) is 9.79. The van der Waals surface area contributed by atoms with Gasteiger partial charge in [-0.3, -0.25) is 0 Å². The molecule has 0 saturated heterocycles. The number of para-hydroxylation sites is 1. The molecule has 0 saturated carbocycles. The van der Waals surface area contributed by atoms with Gasteiger partial charge in [0.25, 0.3) is 0 Å². The number of rotatable bonds is 7. The predicted molar refractivity (Wildman–Crippen MR) is 81.1 cm³/mol. The van der Waals surface area contributed by atoms with Crippen LogP contribution in [0.3, 0.4) is 0 Å². The highest BCUT2D eigenvalue weighted by atomic mass is 16.5. The summed E-state index contributed by atoms with van der Waals surface area (Å²) in [4.78, 5) is 0. The molecule has 0 bridgehead atoms. The van der Waals surface area contributed by atoms with E-state index in [-0.39, 0.29) is 6.04 Å². The highest BCUT2D eigenvalue weighted by Gasteiger charge is 2.08. The predicted octanol–water partition coefficient (Wildman–Crippen LogP) is 3.51. The zero-order chi connectivity index (χ0) is 14.2. The van der Waals surface area contributed by atoms with Crippen LogP contribution in [0.4, 0.5) is 0 Å². The van der Waals surface area contributed by atoms with Gasteiger partial charge in [0.1, 0.15) is 18.1 Å². The molecule has 0 heterocycles. The fourth-order valence-corrected chi connectivity index (χ4v) is 2.12. The van der Waals surface area contributed by atoms with Gasteiger partial charge in [-0.1, -0.05) is 37.3 Å². The van der Waals surface area contributed by atoms with Crippen molar-refractivity contribution in [2.24, 2.45) is 0 Å². The first kappa shape index (κ1) is 14.4. The fraction of sp³-hybridized carbons (Fsp3) is 0.294. The zero-order valence-corrected chi connectivity index (χ0v) is 11.8. The van der Waals surface area contributed by atoms with Crippen LogP contribution in [0.1, 0.15) is 24.9 Å². The second-order valence-electron chi connectivity index (χ2n) is 4.67. The number of nitrogens with one attached hydrogen (secondary N) is 1. The van der Waals surface area contributed by atoms with Crippen molar-refractivity contribution < 1.29 is 9.84 Å². The molecule has 0 aliphatic heterocycles.